The molecule has 0 spiro atoms. The van der Waals surface area contributed by atoms with Gasteiger partial charge in [-0.15, -0.1) is 0 Å². The van der Waals surface area contributed by atoms with Crippen molar-refractivity contribution in [2.45, 2.75) is 19.8 Å². The van der Waals surface area contributed by atoms with E-state index in [1.165, 1.54) is 37.3 Å². The summed E-state index contributed by atoms with van der Waals surface area (Å²) in [6.07, 6.45) is 2.35. The van der Waals surface area contributed by atoms with E-state index in [0.717, 1.165) is 31.2 Å². The molecule has 0 amide bonds. The topological polar surface area (TPSA) is 24.5 Å². The minimum atomic E-state index is 0.720. The van der Waals surface area contributed by atoms with Crippen molar-refractivity contribution >= 4 is 5.69 Å². The van der Waals surface area contributed by atoms with Crippen LogP contribution in [-0.4, -0.2) is 37.7 Å². The second-order valence-corrected chi connectivity index (χ2v) is 5.34. The molecular weight excluding hydrogens is 224 g/mol. The van der Waals surface area contributed by atoms with E-state index in [1.54, 1.807) is 0 Å². The summed E-state index contributed by atoms with van der Waals surface area (Å²) in [5.41, 5.74) is 2.64. The quantitative estimate of drug-likeness (QED) is 0.882. The van der Waals surface area contributed by atoms with Gasteiger partial charge in [0.1, 0.15) is 5.75 Å². The third-order valence-corrected chi connectivity index (χ3v) is 4.01. The first-order valence-electron chi connectivity index (χ1n) is 7.07. The van der Waals surface area contributed by atoms with Gasteiger partial charge in [0.2, 0.25) is 0 Å². The maximum absolute atomic E-state index is 6.03. The summed E-state index contributed by atoms with van der Waals surface area (Å²) in [7, 11) is 0. The normalized spacial score (nSPS) is 19.8. The van der Waals surface area contributed by atoms with Crippen LogP contribution < -0.4 is 10.1 Å². The smallest absolute Gasteiger partial charge is 0.124 e. The van der Waals surface area contributed by atoms with Crippen molar-refractivity contribution < 1.29 is 4.74 Å². The maximum atomic E-state index is 6.03. The fraction of sp³-hybridized carbons (Fsp3) is 0.600. The zero-order valence-electron chi connectivity index (χ0n) is 11.1. The van der Waals surface area contributed by atoms with Crippen molar-refractivity contribution in [3.05, 3.63) is 23.8 Å². The molecule has 1 fully saturated rings. The zero-order chi connectivity index (χ0) is 12.4. The Kier molecular flexibility index (Phi) is 3.41. The number of nitrogens with zero attached hydrogens (tertiary/aromatic N) is 1. The molecule has 3 rings (SSSR count). The fourth-order valence-electron chi connectivity index (χ4n) is 2.86. The molecule has 0 unspecified atom stereocenters. The Bertz CT molecular complexity index is 413. The van der Waals surface area contributed by atoms with Crippen LogP contribution in [0.5, 0.6) is 5.75 Å². The minimum Gasteiger partial charge on any atom is -0.493 e. The molecule has 2 heterocycles. The van der Waals surface area contributed by atoms with E-state index in [9.17, 15) is 0 Å². The molecule has 3 nitrogen and oxygen atoms in total. The van der Waals surface area contributed by atoms with Gasteiger partial charge >= 0.3 is 0 Å². The minimum absolute atomic E-state index is 0.720. The number of nitrogens with one attached hydrogen (secondary N) is 1. The zero-order valence-corrected chi connectivity index (χ0v) is 11.1. The molecule has 1 N–H and O–H groups in total. The van der Waals surface area contributed by atoms with Crippen molar-refractivity contribution in [2.24, 2.45) is 5.92 Å². The van der Waals surface area contributed by atoms with Crippen LogP contribution in [0.3, 0.4) is 0 Å². The predicted molar refractivity (Wildman–Crippen MR) is 74.4 cm³/mol. The number of likely N-dealkylation sites (tertiary alicyclic amines) is 1. The van der Waals surface area contributed by atoms with E-state index >= 15 is 0 Å². The fourth-order valence-corrected chi connectivity index (χ4v) is 2.86. The lowest BCUT2D eigenvalue weighted by Gasteiger charge is -2.38. The molecule has 1 saturated heterocycles. The molecule has 2 aliphatic rings. The summed E-state index contributed by atoms with van der Waals surface area (Å²) in [6.45, 7) is 7.74. The van der Waals surface area contributed by atoms with Crippen LogP contribution in [0.2, 0.25) is 0 Å². The summed E-state index contributed by atoms with van der Waals surface area (Å²) >= 11 is 0. The summed E-state index contributed by atoms with van der Waals surface area (Å²) in [4.78, 5) is 2.45. The lowest BCUT2D eigenvalue weighted by molar-refractivity contribution is 0.0668. The van der Waals surface area contributed by atoms with Gasteiger partial charge in [-0.25, -0.2) is 0 Å². The van der Waals surface area contributed by atoms with E-state index < -0.39 is 0 Å². The maximum Gasteiger partial charge on any atom is 0.124 e. The lowest BCUT2D eigenvalue weighted by atomic mass is 10.0. The highest BCUT2D eigenvalue weighted by Gasteiger charge is 2.26. The summed E-state index contributed by atoms with van der Waals surface area (Å²) in [6, 6.07) is 6.36. The molecule has 0 aromatic heterocycles. The average molecular weight is 246 g/mol. The predicted octanol–water partition coefficient (Wildman–Crippen LogP) is 2.38. The largest absolute Gasteiger partial charge is 0.493 e. The van der Waals surface area contributed by atoms with Crippen molar-refractivity contribution in [1.29, 1.82) is 0 Å². The highest BCUT2D eigenvalue weighted by Crippen LogP contribution is 2.31. The Labute approximate surface area is 109 Å². The van der Waals surface area contributed by atoms with Crippen molar-refractivity contribution in [2.75, 3.05) is 38.1 Å². The standard InChI is InChI=1S/C15H22N2O/c1-2-17-9-12(10-17)11-18-15-7-3-6-14-13(15)5-4-8-16-14/h3,6-7,12,16H,2,4-5,8-11H2,1H3. The van der Waals surface area contributed by atoms with Crippen molar-refractivity contribution in [3.63, 3.8) is 0 Å². The van der Waals surface area contributed by atoms with Crippen LogP contribution >= 0.6 is 0 Å². The number of benzene rings is 1. The summed E-state index contributed by atoms with van der Waals surface area (Å²) < 4.78 is 6.03. The molecule has 1 aromatic rings. The Morgan fingerprint density at radius 3 is 3.11 bits per heavy atom. The number of hydrogen-bond donors (Lipinski definition) is 1. The Morgan fingerprint density at radius 2 is 2.28 bits per heavy atom. The van der Waals surface area contributed by atoms with Gasteiger partial charge in [-0.2, -0.15) is 0 Å². The van der Waals surface area contributed by atoms with E-state index in [4.69, 9.17) is 4.74 Å². The van der Waals surface area contributed by atoms with Crippen LogP contribution in [0.15, 0.2) is 18.2 Å². The first-order chi connectivity index (χ1) is 8.86. The Morgan fingerprint density at radius 1 is 1.39 bits per heavy atom. The molecule has 1 aromatic carbocycles. The molecule has 0 bridgehead atoms. The van der Waals surface area contributed by atoms with Gasteiger partial charge < -0.3 is 15.0 Å². The van der Waals surface area contributed by atoms with Crippen molar-refractivity contribution in [1.82, 2.24) is 4.90 Å². The number of rotatable bonds is 4. The first-order valence-corrected chi connectivity index (χ1v) is 7.07. The molecule has 0 aliphatic carbocycles. The van der Waals surface area contributed by atoms with Crippen LogP contribution in [-0.2, 0) is 6.42 Å². The second kappa shape index (κ2) is 5.19. The van der Waals surface area contributed by atoms with E-state index in [2.05, 4.69) is 35.3 Å². The number of anilines is 1. The Balaban J connectivity index is 1.59. The van der Waals surface area contributed by atoms with Crippen molar-refractivity contribution in [3.8, 4) is 5.75 Å². The van der Waals surface area contributed by atoms with E-state index in [0.29, 0.717) is 0 Å². The van der Waals surface area contributed by atoms with Gasteiger partial charge in [-0.3, -0.25) is 0 Å². The summed E-state index contributed by atoms with van der Waals surface area (Å²) in [5.74, 6) is 1.81. The average Bonchev–Trinajstić information content (AvgIpc) is 2.37. The first kappa shape index (κ1) is 11.8. The van der Waals surface area contributed by atoms with Gasteiger partial charge in [-0.05, 0) is 31.5 Å². The molecule has 2 aliphatic heterocycles. The number of ether oxygens (including phenoxy) is 1. The highest BCUT2D eigenvalue weighted by molar-refractivity contribution is 5.59. The van der Waals surface area contributed by atoms with Gasteiger partial charge in [0.15, 0.2) is 0 Å². The molecule has 18 heavy (non-hydrogen) atoms. The molecule has 3 heteroatoms. The van der Waals surface area contributed by atoms with Crippen LogP contribution in [0.1, 0.15) is 18.9 Å². The summed E-state index contributed by atoms with van der Waals surface area (Å²) in [5, 5.41) is 3.45. The molecule has 98 valence electrons. The highest BCUT2D eigenvalue weighted by atomic mass is 16.5. The second-order valence-electron chi connectivity index (χ2n) is 5.34. The molecule has 0 radical (unpaired) electrons. The third-order valence-electron chi connectivity index (χ3n) is 4.01. The van der Waals surface area contributed by atoms with Crippen LogP contribution in [0.25, 0.3) is 0 Å². The number of hydrogen-bond acceptors (Lipinski definition) is 3. The molecule has 0 atom stereocenters. The van der Waals surface area contributed by atoms with Gasteiger partial charge in [0.25, 0.3) is 0 Å². The number of fused-ring (bicyclic) bond motifs is 1. The molecular formula is C15H22N2O. The Hall–Kier alpha value is -1.22. The van der Waals surface area contributed by atoms with E-state index in [-0.39, 0.29) is 0 Å². The van der Waals surface area contributed by atoms with Crippen LogP contribution in [0, 0.1) is 5.92 Å². The monoisotopic (exact) mass is 246 g/mol. The lowest BCUT2D eigenvalue weighted by Crippen LogP contribution is -2.48. The van der Waals surface area contributed by atoms with E-state index in [1.807, 2.05) is 0 Å². The van der Waals surface area contributed by atoms with Gasteiger partial charge in [-0.1, -0.05) is 13.0 Å². The SMILES string of the molecule is CCN1CC(COc2cccc3c2CCCN3)C1. The van der Waals surface area contributed by atoms with Gasteiger partial charge in [0, 0.05) is 36.8 Å². The van der Waals surface area contributed by atoms with Gasteiger partial charge in [0.05, 0.1) is 6.61 Å². The third kappa shape index (κ3) is 2.32. The van der Waals surface area contributed by atoms with Crippen LogP contribution in [0.4, 0.5) is 5.69 Å². The molecule has 0 saturated carbocycles.